The highest BCUT2D eigenvalue weighted by Gasteiger charge is 2.37. The van der Waals surface area contributed by atoms with E-state index in [9.17, 15) is 5.11 Å². The first-order valence-electron chi connectivity index (χ1n) is 7.76. The zero-order valence-corrected chi connectivity index (χ0v) is 13.1. The molecule has 1 saturated heterocycles. The van der Waals surface area contributed by atoms with Gasteiger partial charge in [0.2, 0.25) is 0 Å². The Morgan fingerprint density at radius 3 is 2.58 bits per heavy atom. The van der Waals surface area contributed by atoms with E-state index < -0.39 is 0 Å². The van der Waals surface area contributed by atoms with E-state index >= 15 is 0 Å². The minimum Gasteiger partial charge on any atom is -0.394 e. The second-order valence-corrected chi connectivity index (χ2v) is 6.00. The van der Waals surface area contributed by atoms with E-state index in [1.54, 1.807) is 0 Å². The second kappa shape index (κ2) is 8.20. The number of ether oxygens (including phenoxy) is 1. The lowest BCUT2D eigenvalue weighted by molar-refractivity contribution is -0.0646. The van der Waals surface area contributed by atoms with E-state index in [0.717, 1.165) is 45.6 Å². The van der Waals surface area contributed by atoms with E-state index in [1.807, 2.05) is 0 Å². The number of aliphatic hydroxyl groups is 1. The van der Waals surface area contributed by atoms with Crippen molar-refractivity contribution in [3.63, 3.8) is 0 Å². The average molecular weight is 272 g/mol. The van der Waals surface area contributed by atoms with Gasteiger partial charge in [-0.2, -0.15) is 0 Å². The van der Waals surface area contributed by atoms with Gasteiger partial charge in [-0.05, 0) is 31.8 Å². The summed E-state index contributed by atoms with van der Waals surface area (Å²) in [4.78, 5) is 2.40. The first-order chi connectivity index (χ1) is 9.06. The van der Waals surface area contributed by atoms with E-state index in [0.29, 0.717) is 5.92 Å². The number of aliphatic hydroxyl groups excluding tert-OH is 1. The summed E-state index contributed by atoms with van der Waals surface area (Å²) in [5.41, 5.74) is -0.139. The molecule has 0 aliphatic carbocycles. The Balaban J connectivity index is 2.46. The number of nitrogens with one attached hydrogen (secondary N) is 1. The summed E-state index contributed by atoms with van der Waals surface area (Å²) in [6.45, 7) is 13.9. The summed E-state index contributed by atoms with van der Waals surface area (Å²) >= 11 is 0. The maximum atomic E-state index is 9.79. The van der Waals surface area contributed by atoms with Gasteiger partial charge in [-0.1, -0.05) is 27.7 Å². The van der Waals surface area contributed by atoms with Gasteiger partial charge in [0.1, 0.15) is 0 Å². The molecule has 1 rings (SSSR count). The lowest BCUT2D eigenvalue weighted by atomic mass is 9.84. The van der Waals surface area contributed by atoms with Crippen LogP contribution in [0.5, 0.6) is 0 Å². The highest BCUT2D eigenvalue weighted by molar-refractivity contribution is 4.93. The van der Waals surface area contributed by atoms with E-state index in [2.05, 4.69) is 37.9 Å². The topological polar surface area (TPSA) is 44.7 Å². The molecule has 1 heterocycles. The van der Waals surface area contributed by atoms with Crippen molar-refractivity contribution < 1.29 is 9.84 Å². The number of nitrogens with zero attached hydrogens (tertiary/aromatic N) is 1. The van der Waals surface area contributed by atoms with Crippen LogP contribution >= 0.6 is 0 Å². The SMILES string of the molecule is CCN(CC)CCNC1(CO)CCOC(C(C)C)C1. The quantitative estimate of drug-likeness (QED) is 0.702. The first kappa shape index (κ1) is 16.9. The Labute approximate surface area is 118 Å². The third kappa shape index (κ3) is 5.03. The lowest BCUT2D eigenvalue weighted by Gasteiger charge is -2.42. The lowest BCUT2D eigenvalue weighted by Crippen LogP contribution is -2.56. The Bertz CT molecular complexity index is 244. The zero-order valence-electron chi connectivity index (χ0n) is 13.1. The molecule has 4 heteroatoms. The van der Waals surface area contributed by atoms with Crippen LogP contribution in [-0.4, -0.2) is 61.0 Å². The fourth-order valence-corrected chi connectivity index (χ4v) is 2.76. The number of rotatable bonds is 8. The fourth-order valence-electron chi connectivity index (χ4n) is 2.76. The maximum Gasteiger partial charge on any atom is 0.0616 e. The molecular formula is C15H32N2O2. The molecule has 0 spiro atoms. The first-order valence-corrected chi connectivity index (χ1v) is 7.76. The minimum absolute atomic E-state index is 0.139. The normalized spacial score (nSPS) is 28.3. The molecule has 2 unspecified atom stereocenters. The third-order valence-electron chi connectivity index (χ3n) is 4.37. The van der Waals surface area contributed by atoms with Crippen LogP contribution in [0.15, 0.2) is 0 Å². The van der Waals surface area contributed by atoms with Gasteiger partial charge in [-0.15, -0.1) is 0 Å². The zero-order chi connectivity index (χ0) is 14.3. The predicted molar refractivity (Wildman–Crippen MR) is 79.4 cm³/mol. The molecule has 0 aromatic heterocycles. The van der Waals surface area contributed by atoms with Crippen molar-refractivity contribution in [2.24, 2.45) is 5.92 Å². The summed E-state index contributed by atoms with van der Waals surface area (Å²) in [6.07, 6.45) is 2.09. The van der Waals surface area contributed by atoms with E-state index in [-0.39, 0.29) is 18.2 Å². The Morgan fingerprint density at radius 2 is 2.05 bits per heavy atom. The van der Waals surface area contributed by atoms with Gasteiger partial charge in [0, 0.05) is 25.2 Å². The molecule has 2 atom stereocenters. The Hall–Kier alpha value is -0.160. The van der Waals surface area contributed by atoms with Crippen molar-refractivity contribution in [2.75, 3.05) is 39.4 Å². The van der Waals surface area contributed by atoms with Gasteiger partial charge >= 0.3 is 0 Å². The molecule has 1 aliphatic rings. The van der Waals surface area contributed by atoms with Gasteiger partial charge in [-0.25, -0.2) is 0 Å². The van der Waals surface area contributed by atoms with Crippen LogP contribution in [0.4, 0.5) is 0 Å². The van der Waals surface area contributed by atoms with E-state index in [4.69, 9.17) is 4.74 Å². The highest BCUT2D eigenvalue weighted by atomic mass is 16.5. The maximum absolute atomic E-state index is 9.79. The molecule has 114 valence electrons. The molecular weight excluding hydrogens is 240 g/mol. The molecule has 2 N–H and O–H groups in total. The molecule has 0 amide bonds. The third-order valence-corrected chi connectivity index (χ3v) is 4.37. The fraction of sp³-hybridized carbons (Fsp3) is 1.00. The van der Waals surface area contributed by atoms with Gasteiger partial charge in [0.15, 0.2) is 0 Å². The monoisotopic (exact) mass is 272 g/mol. The van der Waals surface area contributed by atoms with Crippen LogP contribution in [0.3, 0.4) is 0 Å². The largest absolute Gasteiger partial charge is 0.394 e. The molecule has 1 aliphatic heterocycles. The summed E-state index contributed by atoms with van der Waals surface area (Å²) in [5.74, 6) is 0.510. The number of hydrogen-bond acceptors (Lipinski definition) is 4. The van der Waals surface area contributed by atoms with Crippen molar-refractivity contribution in [3.8, 4) is 0 Å². The van der Waals surface area contributed by atoms with Gasteiger partial charge < -0.3 is 20.1 Å². The van der Waals surface area contributed by atoms with Crippen LogP contribution in [-0.2, 0) is 4.74 Å². The van der Waals surface area contributed by atoms with Crippen molar-refractivity contribution in [3.05, 3.63) is 0 Å². The van der Waals surface area contributed by atoms with Gasteiger partial charge in [0.25, 0.3) is 0 Å². The molecule has 19 heavy (non-hydrogen) atoms. The Kier molecular flexibility index (Phi) is 7.29. The van der Waals surface area contributed by atoms with Crippen LogP contribution in [0.1, 0.15) is 40.5 Å². The van der Waals surface area contributed by atoms with Crippen LogP contribution in [0, 0.1) is 5.92 Å². The Morgan fingerprint density at radius 1 is 1.37 bits per heavy atom. The van der Waals surface area contributed by atoms with Gasteiger partial charge in [-0.3, -0.25) is 0 Å². The summed E-state index contributed by atoms with van der Waals surface area (Å²) in [5, 5.41) is 13.4. The standard InChI is InChI=1S/C15H32N2O2/c1-5-17(6-2)9-8-16-15(12-18)7-10-19-14(11-15)13(3)4/h13-14,16,18H,5-12H2,1-4H3. The summed E-state index contributed by atoms with van der Waals surface area (Å²) in [6, 6.07) is 0. The smallest absolute Gasteiger partial charge is 0.0616 e. The van der Waals surface area contributed by atoms with E-state index in [1.165, 1.54) is 0 Å². The van der Waals surface area contributed by atoms with Crippen LogP contribution < -0.4 is 5.32 Å². The van der Waals surface area contributed by atoms with Gasteiger partial charge in [0.05, 0.1) is 12.7 Å². The predicted octanol–water partition coefficient (Wildman–Crippen LogP) is 1.48. The van der Waals surface area contributed by atoms with Crippen molar-refractivity contribution in [2.45, 2.75) is 52.2 Å². The molecule has 0 bridgehead atoms. The van der Waals surface area contributed by atoms with Crippen molar-refractivity contribution in [1.82, 2.24) is 10.2 Å². The molecule has 0 radical (unpaired) electrons. The van der Waals surface area contributed by atoms with Crippen molar-refractivity contribution in [1.29, 1.82) is 0 Å². The summed E-state index contributed by atoms with van der Waals surface area (Å²) < 4.78 is 5.80. The molecule has 1 fully saturated rings. The number of hydrogen-bond donors (Lipinski definition) is 2. The number of likely N-dealkylation sites (N-methyl/N-ethyl adjacent to an activating group) is 1. The highest BCUT2D eigenvalue weighted by Crippen LogP contribution is 2.28. The van der Waals surface area contributed by atoms with Crippen molar-refractivity contribution >= 4 is 0 Å². The van der Waals surface area contributed by atoms with Crippen LogP contribution in [0.2, 0.25) is 0 Å². The summed E-state index contributed by atoms with van der Waals surface area (Å²) in [7, 11) is 0. The average Bonchev–Trinajstić information content (AvgIpc) is 2.44. The second-order valence-electron chi connectivity index (χ2n) is 6.00. The molecule has 0 saturated carbocycles. The van der Waals surface area contributed by atoms with Crippen LogP contribution in [0.25, 0.3) is 0 Å². The molecule has 0 aromatic rings. The minimum atomic E-state index is -0.139. The molecule has 4 nitrogen and oxygen atoms in total. The molecule has 0 aromatic carbocycles.